The van der Waals surface area contributed by atoms with Gasteiger partial charge in [0.15, 0.2) is 0 Å². The van der Waals surface area contributed by atoms with Gasteiger partial charge >= 0.3 is 6.09 Å². The first-order chi connectivity index (χ1) is 5.45. The summed E-state index contributed by atoms with van der Waals surface area (Å²) in [6, 6.07) is 0. The number of carbonyl (C=O) groups excluding carboxylic acids is 1. The Bertz CT molecular complexity index is 141. The van der Waals surface area contributed by atoms with Crippen LogP contribution in [0.1, 0.15) is 20.8 Å². The lowest BCUT2D eigenvalue weighted by molar-refractivity contribution is -0.240. The Morgan fingerprint density at radius 2 is 2.08 bits per heavy atom. The number of ether oxygens (including phenoxy) is 1. The molecule has 1 amide bonds. The van der Waals surface area contributed by atoms with Crippen molar-refractivity contribution in [1.82, 2.24) is 5.32 Å². The number of rotatable bonds is 3. The number of nitrogens with one attached hydrogen (secondary N) is 1. The van der Waals surface area contributed by atoms with Gasteiger partial charge in [-0.3, -0.25) is 5.26 Å². The third-order valence-electron chi connectivity index (χ3n) is 0.862. The third-order valence-corrected chi connectivity index (χ3v) is 0.862. The van der Waals surface area contributed by atoms with Crippen molar-refractivity contribution in [2.45, 2.75) is 26.4 Å². The van der Waals surface area contributed by atoms with Gasteiger partial charge in [0, 0.05) is 6.54 Å². The van der Waals surface area contributed by atoms with Crippen molar-refractivity contribution in [3.8, 4) is 0 Å². The van der Waals surface area contributed by atoms with E-state index in [9.17, 15) is 4.79 Å². The molecule has 12 heavy (non-hydrogen) atoms. The Hall–Kier alpha value is -0.810. The second-order valence-electron chi connectivity index (χ2n) is 3.26. The molecule has 72 valence electrons. The van der Waals surface area contributed by atoms with Crippen LogP contribution in [0.2, 0.25) is 0 Å². The minimum atomic E-state index is -0.514. The molecule has 0 aliphatic carbocycles. The lowest BCUT2D eigenvalue weighted by Crippen LogP contribution is -2.34. The summed E-state index contributed by atoms with van der Waals surface area (Å²) in [6.45, 7) is 5.60. The first-order valence-corrected chi connectivity index (χ1v) is 3.69. The van der Waals surface area contributed by atoms with Crippen LogP contribution >= 0.6 is 0 Å². The van der Waals surface area contributed by atoms with E-state index in [0.717, 1.165) is 0 Å². The number of alkyl carbamates (subject to hydrolysis) is 1. The van der Waals surface area contributed by atoms with Crippen LogP contribution in [0.25, 0.3) is 0 Å². The second-order valence-corrected chi connectivity index (χ2v) is 3.26. The number of amides is 1. The highest BCUT2D eigenvalue weighted by atomic mass is 17.1. The first-order valence-electron chi connectivity index (χ1n) is 3.69. The summed E-state index contributed by atoms with van der Waals surface area (Å²) in [4.78, 5) is 14.6. The van der Waals surface area contributed by atoms with Crippen LogP contribution in [-0.4, -0.2) is 30.1 Å². The van der Waals surface area contributed by atoms with Gasteiger partial charge in [0.25, 0.3) is 0 Å². The Kier molecular flexibility index (Phi) is 4.61. The Labute approximate surface area is 71.6 Å². The molecule has 0 aromatic heterocycles. The first kappa shape index (κ1) is 11.2. The molecule has 0 aromatic carbocycles. The van der Waals surface area contributed by atoms with Crippen LogP contribution in [0, 0.1) is 0 Å². The largest absolute Gasteiger partial charge is 0.444 e. The summed E-state index contributed by atoms with van der Waals surface area (Å²) in [7, 11) is 0. The van der Waals surface area contributed by atoms with Crippen LogP contribution in [0.5, 0.6) is 0 Å². The quantitative estimate of drug-likeness (QED) is 0.383. The van der Waals surface area contributed by atoms with E-state index < -0.39 is 11.7 Å². The smallest absolute Gasteiger partial charge is 0.407 e. The predicted octanol–water partition coefficient (Wildman–Crippen LogP) is 1.00. The zero-order valence-electron chi connectivity index (χ0n) is 7.59. The second kappa shape index (κ2) is 4.95. The van der Waals surface area contributed by atoms with Crippen molar-refractivity contribution < 1.29 is 19.7 Å². The highest BCUT2D eigenvalue weighted by Crippen LogP contribution is 2.05. The molecule has 2 N–H and O–H groups in total. The molecule has 0 saturated heterocycles. The standard InChI is InChI=1S/C7H15NO4/c1-7(2,3)12-6(9)8-4-5-11-10/h10H,4-5H2,1-3H3,(H,8,9). The fourth-order valence-electron chi connectivity index (χ4n) is 0.513. The molecule has 0 spiro atoms. The van der Waals surface area contributed by atoms with Gasteiger partial charge < -0.3 is 10.1 Å². The van der Waals surface area contributed by atoms with Gasteiger partial charge in [-0.25, -0.2) is 9.68 Å². The molecule has 0 aromatic rings. The van der Waals surface area contributed by atoms with Crippen molar-refractivity contribution in [2.24, 2.45) is 0 Å². The van der Waals surface area contributed by atoms with Gasteiger partial charge in [0.05, 0.1) is 6.61 Å². The van der Waals surface area contributed by atoms with Crippen molar-refractivity contribution in [3.63, 3.8) is 0 Å². The van der Waals surface area contributed by atoms with Crippen molar-refractivity contribution in [1.29, 1.82) is 0 Å². The average molecular weight is 177 g/mol. The summed E-state index contributed by atoms with van der Waals surface area (Å²) >= 11 is 0. The molecule has 5 nitrogen and oxygen atoms in total. The van der Waals surface area contributed by atoms with Gasteiger partial charge in [-0.15, -0.1) is 0 Å². The lowest BCUT2D eigenvalue weighted by Gasteiger charge is -2.19. The van der Waals surface area contributed by atoms with E-state index in [0.29, 0.717) is 0 Å². The maximum absolute atomic E-state index is 10.9. The highest BCUT2D eigenvalue weighted by molar-refractivity contribution is 5.67. The van der Waals surface area contributed by atoms with Gasteiger partial charge in [-0.05, 0) is 20.8 Å². The minimum absolute atomic E-state index is 0.0548. The molecule has 5 heteroatoms. The van der Waals surface area contributed by atoms with E-state index in [1.807, 2.05) is 0 Å². The predicted molar refractivity (Wildman–Crippen MR) is 42.8 cm³/mol. The molecule has 0 saturated carbocycles. The molecule has 0 radical (unpaired) electrons. The molecule has 0 fully saturated rings. The monoisotopic (exact) mass is 177 g/mol. The zero-order chi connectivity index (χ0) is 9.61. The number of hydrogen-bond acceptors (Lipinski definition) is 4. The van der Waals surface area contributed by atoms with Crippen molar-refractivity contribution in [3.05, 3.63) is 0 Å². The van der Waals surface area contributed by atoms with E-state index in [4.69, 9.17) is 9.99 Å². The summed E-state index contributed by atoms with van der Waals surface area (Å²) in [5, 5.41) is 10.3. The maximum atomic E-state index is 10.9. The molecular formula is C7H15NO4. The number of hydrogen-bond donors (Lipinski definition) is 2. The molecule has 0 aliphatic rings. The van der Waals surface area contributed by atoms with Crippen LogP contribution < -0.4 is 5.32 Å². The molecule has 0 heterocycles. The van der Waals surface area contributed by atoms with Crippen molar-refractivity contribution in [2.75, 3.05) is 13.2 Å². The molecule has 0 rings (SSSR count). The summed E-state index contributed by atoms with van der Waals surface area (Å²) in [5.74, 6) is 0. The summed E-state index contributed by atoms with van der Waals surface area (Å²) in [5.41, 5.74) is -0.496. The van der Waals surface area contributed by atoms with E-state index >= 15 is 0 Å². The van der Waals surface area contributed by atoms with Crippen molar-refractivity contribution >= 4 is 6.09 Å². The highest BCUT2D eigenvalue weighted by Gasteiger charge is 2.15. The van der Waals surface area contributed by atoms with Crippen LogP contribution in [-0.2, 0) is 9.62 Å². The normalized spacial score (nSPS) is 11.0. The van der Waals surface area contributed by atoms with Gasteiger partial charge in [0.2, 0.25) is 0 Å². The van der Waals surface area contributed by atoms with Gasteiger partial charge in [-0.1, -0.05) is 0 Å². The Balaban J connectivity index is 3.47. The van der Waals surface area contributed by atoms with E-state index in [2.05, 4.69) is 10.2 Å². The molecule has 0 atom stereocenters. The lowest BCUT2D eigenvalue weighted by atomic mass is 10.2. The maximum Gasteiger partial charge on any atom is 0.407 e. The Morgan fingerprint density at radius 3 is 2.50 bits per heavy atom. The van der Waals surface area contributed by atoms with Crippen LogP contribution in [0.15, 0.2) is 0 Å². The summed E-state index contributed by atoms with van der Waals surface area (Å²) < 4.78 is 4.90. The van der Waals surface area contributed by atoms with Crippen LogP contribution in [0.4, 0.5) is 4.79 Å². The topological polar surface area (TPSA) is 67.8 Å². The molecule has 0 bridgehead atoms. The van der Waals surface area contributed by atoms with E-state index in [1.54, 1.807) is 20.8 Å². The minimum Gasteiger partial charge on any atom is -0.444 e. The molecule has 0 aliphatic heterocycles. The zero-order valence-corrected chi connectivity index (χ0v) is 7.59. The Morgan fingerprint density at radius 1 is 1.50 bits per heavy atom. The third kappa shape index (κ3) is 7.30. The average Bonchev–Trinajstić information content (AvgIpc) is 1.84. The van der Waals surface area contributed by atoms with E-state index in [-0.39, 0.29) is 13.2 Å². The molecular weight excluding hydrogens is 162 g/mol. The van der Waals surface area contributed by atoms with Crippen LogP contribution in [0.3, 0.4) is 0 Å². The fourth-order valence-corrected chi connectivity index (χ4v) is 0.513. The van der Waals surface area contributed by atoms with Gasteiger partial charge in [0.1, 0.15) is 5.60 Å². The SMILES string of the molecule is CC(C)(C)OC(=O)NCCOO. The van der Waals surface area contributed by atoms with Gasteiger partial charge in [-0.2, -0.15) is 0 Å². The number of carbonyl (C=O) groups is 1. The molecule has 0 unspecified atom stereocenters. The fraction of sp³-hybridized carbons (Fsp3) is 0.857. The van der Waals surface area contributed by atoms with E-state index in [1.165, 1.54) is 0 Å². The summed E-state index contributed by atoms with van der Waals surface area (Å²) in [6.07, 6.45) is -0.514.